The van der Waals surface area contributed by atoms with E-state index in [2.05, 4.69) is 21.4 Å². The summed E-state index contributed by atoms with van der Waals surface area (Å²) in [6, 6.07) is 8.29. The van der Waals surface area contributed by atoms with Crippen LogP contribution >= 0.6 is 0 Å². The van der Waals surface area contributed by atoms with Crippen molar-refractivity contribution in [2.24, 2.45) is 7.05 Å². The molecule has 1 aromatic heterocycles. The van der Waals surface area contributed by atoms with E-state index in [1.807, 2.05) is 37.6 Å². The Hall–Kier alpha value is -2.50. The number of aryl methyl sites for hydroxylation is 2. The van der Waals surface area contributed by atoms with Crippen LogP contribution in [0.4, 0.5) is 5.69 Å². The molecule has 3 rings (SSSR count). The number of carbonyl (C=O) groups is 1. The highest BCUT2D eigenvalue weighted by molar-refractivity contribution is 5.76. The van der Waals surface area contributed by atoms with Crippen LogP contribution in [0.25, 0.3) is 0 Å². The summed E-state index contributed by atoms with van der Waals surface area (Å²) in [4.78, 5) is 14.6. The molecule has 6 nitrogen and oxygen atoms in total. The van der Waals surface area contributed by atoms with Gasteiger partial charge < -0.3 is 15.0 Å². The maximum Gasteiger partial charge on any atom is 0.220 e. The first-order valence-electron chi connectivity index (χ1n) is 8.80. The number of aromatic nitrogens is 2. The number of anilines is 1. The van der Waals surface area contributed by atoms with Crippen LogP contribution in [-0.4, -0.2) is 41.9 Å². The van der Waals surface area contributed by atoms with Gasteiger partial charge in [-0.2, -0.15) is 5.10 Å². The Morgan fingerprint density at radius 2 is 2.32 bits per heavy atom. The molecule has 0 spiro atoms. The fourth-order valence-electron chi connectivity index (χ4n) is 3.30. The second kappa shape index (κ2) is 8.05. The van der Waals surface area contributed by atoms with Crippen molar-refractivity contribution in [2.45, 2.75) is 31.7 Å². The molecule has 1 saturated heterocycles. The highest BCUT2D eigenvalue weighted by Gasteiger charge is 2.21. The minimum atomic E-state index is 0.112. The van der Waals surface area contributed by atoms with Crippen molar-refractivity contribution in [3.8, 4) is 5.75 Å². The minimum absolute atomic E-state index is 0.112. The van der Waals surface area contributed by atoms with Crippen LogP contribution in [0.15, 0.2) is 36.7 Å². The van der Waals surface area contributed by atoms with E-state index in [1.165, 1.54) is 0 Å². The Bertz CT molecular complexity index is 713. The monoisotopic (exact) mass is 342 g/mol. The summed E-state index contributed by atoms with van der Waals surface area (Å²) in [5.74, 6) is 0.974. The van der Waals surface area contributed by atoms with Crippen LogP contribution in [0.2, 0.25) is 0 Å². The van der Waals surface area contributed by atoms with Gasteiger partial charge in [-0.25, -0.2) is 0 Å². The van der Waals surface area contributed by atoms with E-state index >= 15 is 0 Å². The van der Waals surface area contributed by atoms with Crippen LogP contribution < -0.4 is 15.0 Å². The molecule has 2 heterocycles. The molecule has 0 saturated carbocycles. The molecule has 0 bridgehead atoms. The van der Waals surface area contributed by atoms with Crippen molar-refractivity contribution in [1.82, 2.24) is 15.1 Å². The number of hydrogen-bond acceptors (Lipinski definition) is 4. The number of nitrogens with zero attached hydrogens (tertiary/aromatic N) is 3. The molecule has 0 radical (unpaired) electrons. The van der Waals surface area contributed by atoms with E-state index in [0.717, 1.165) is 49.4 Å². The van der Waals surface area contributed by atoms with Crippen molar-refractivity contribution < 1.29 is 9.53 Å². The average Bonchev–Trinajstić information content (AvgIpc) is 3.06. The molecule has 0 aliphatic carbocycles. The van der Waals surface area contributed by atoms with Crippen molar-refractivity contribution >= 4 is 11.6 Å². The number of ether oxygens (including phenoxy) is 1. The highest BCUT2D eigenvalue weighted by atomic mass is 16.5. The largest absolute Gasteiger partial charge is 0.497 e. The third kappa shape index (κ3) is 4.75. The molecule has 1 amide bonds. The Labute approximate surface area is 148 Å². The second-order valence-electron chi connectivity index (χ2n) is 6.58. The summed E-state index contributed by atoms with van der Waals surface area (Å²) >= 11 is 0. The number of amides is 1. The molecule has 1 fully saturated rings. The molecule has 1 atom stereocenters. The van der Waals surface area contributed by atoms with Crippen LogP contribution in [0, 0.1) is 0 Å². The van der Waals surface area contributed by atoms with Crippen molar-refractivity contribution in [3.63, 3.8) is 0 Å². The van der Waals surface area contributed by atoms with E-state index in [9.17, 15) is 4.79 Å². The summed E-state index contributed by atoms with van der Waals surface area (Å²) in [6.07, 6.45) is 7.11. The summed E-state index contributed by atoms with van der Waals surface area (Å²) in [5, 5.41) is 7.32. The van der Waals surface area contributed by atoms with Crippen LogP contribution in [0.3, 0.4) is 0 Å². The predicted octanol–water partition coefficient (Wildman–Crippen LogP) is 2.15. The van der Waals surface area contributed by atoms with Gasteiger partial charge in [-0.3, -0.25) is 9.48 Å². The molecular formula is C19H26N4O2. The maximum absolute atomic E-state index is 12.3. The van der Waals surface area contributed by atoms with Gasteiger partial charge in [0.05, 0.1) is 13.3 Å². The van der Waals surface area contributed by atoms with Gasteiger partial charge in [-0.1, -0.05) is 6.07 Å². The molecule has 25 heavy (non-hydrogen) atoms. The molecule has 1 N–H and O–H groups in total. The van der Waals surface area contributed by atoms with Gasteiger partial charge in [0.2, 0.25) is 5.91 Å². The van der Waals surface area contributed by atoms with Gasteiger partial charge in [0, 0.05) is 50.6 Å². The molecule has 134 valence electrons. The van der Waals surface area contributed by atoms with Crippen molar-refractivity contribution in [1.29, 1.82) is 0 Å². The fraction of sp³-hybridized carbons (Fsp3) is 0.474. The normalized spacial score (nSPS) is 17.4. The van der Waals surface area contributed by atoms with Gasteiger partial charge in [-0.15, -0.1) is 0 Å². The fourth-order valence-corrected chi connectivity index (χ4v) is 3.30. The third-order valence-corrected chi connectivity index (χ3v) is 4.60. The number of piperidine rings is 1. The SMILES string of the molecule is COc1cccc(N2CCC[C@@H](NC(=O)CCc3cnn(C)c3)C2)c1. The number of rotatable bonds is 6. The zero-order valence-electron chi connectivity index (χ0n) is 14.9. The Morgan fingerprint density at radius 3 is 3.08 bits per heavy atom. The lowest BCUT2D eigenvalue weighted by molar-refractivity contribution is -0.121. The summed E-state index contributed by atoms with van der Waals surface area (Å²) in [7, 11) is 3.57. The van der Waals surface area contributed by atoms with Gasteiger partial charge in [0.1, 0.15) is 5.75 Å². The third-order valence-electron chi connectivity index (χ3n) is 4.60. The first-order valence-corrected chi connectivity index (χ1v) is 8.80. The van der Waals surface area contributed by atoms with Crippen LogP contribution in [-0.2, 0) is 18.3 Å². The number of hydrogen-bond donors (Lipinski definition) is 1. The number of benzene rings is 1. The topological polar surface area (TPSA) is 59.4 Å². The van der Waals surface area contributed by atoms with Gasteiger partial charge in [-0.05, 0) is 37.0 Å². The summed E-state index contributed by atoms with van der Waals surface area (Å²) < 4.78 is 7.07. The zero-order chi connectivity index (χ0) is 17.6. The molecule has 1 aliphatic rings. The van der Waals surface area contributed by atoms with E-state index in [0.29, 0.717) is 6.42 Å². The average molecular weight is 342 g/mol. The standard InChI is InChI=1S/C19H26N4O2/c1-22-13-15(12-20-22)8-9-19(24)21-16-5-4-10-23(14-16)17-6-3-7-18(11-17)25-2/h3,6-7,11-13,16H,4-5,8-10,14H2,1-2H3,(H,21,24)/t16-/m1/s1. The minimum Gasteiger partial charge on any atom is -0.497 e. The smallest absolute Gasteiger partial charge is 0.220 e. The second-order valence-corrected chi connectivity index (χ2v) is 6.58. The Balaban J connectivity index is 1.51. The Morgan fingerprint density at radius 1 is 1.44 bits per heavy atom. The van der Waals surface area contributed by atoms with Crippen LogP contribution in [0.1, 0.15) is 24.8 Å². The lowest BCUT2D eigenvalue weighted by atomic mass is 10.0. The number of methoxy groups -OCH3 is 1. The van der Waals surface area contributed by atoms with E-state index in [4.69, 9.17) is 4.74 Å². The molecule has 6 heteroatoms. The van der Waals surface area contributed by atoms with Gasteiger partial charge in [0.25, 0.3) is 0 Å². The Kier molecular flexibility index (Phi) is 5.58. The first-order chi connectivity index (χ1) is 12.1. The molecule has 0 unspecified atom stereocenters. The van der Waals surface area contributed by atoms with Gasteiger partial charge >= 0.3 is 0 Å². The van der Waals surface area contributed by atoms with Crippen molar-refractivity contribution in [3.05, 3.63) is 42.2 Å². The molecule has 2 aromatic rings. The number of carbonyl (C=O) groups excluding carboxylic acids is 1. The summed E-state index contributed by atoms with van der Waals surface area (Å²) in [5.41, 5.74) is 2.24. The van der Waals surface area contributed by atoms with E-state index in [1.54, 1.807) is 11.8 Å². The maximum atomic E-state index is 12.3. The highest BCUT2D eigenvalue weighted by Crippen LogP contribution is 2.24. The molecular weight excluding hydrogens is 316 g/mol. The van der Waals surface area contributed by atoms with Gasteiger partial charge in [0.15, 0.2) is 0 Å². The lowest BCUT2D eigenvalue weighted by Gasteiger charge is -2.35. The lowest BCUT2D eigenvalue weighted by Crippen LogP contribution is -2.47. The number of nitrogens with one attached hydrogen (secondary N) is 1. The molecule has 1 aromatic carbocycles. The van der Waals surface area contributed by atoms with Crippen molar-refractivity contribution in [2.75, 3.05) is 25.1 Å². The van der Waals surface area contributed by atoms with E-state index in [-0.39, 0.29) is 11.9 Å². The molecule has 1 aliphatic heterocycles. The quantitative estimate of drug-likeness (QED) is 0.874. The zero-order valence-corrected chi connectivity index (χ0v) is 14.9. The predicted molar refractivity (Wildman–Crippen MR) is 97.9 cm³/mol. The van der Waals surface area contributed by atoms with Crippen LogP contribution in [0.5, 0.6) is 5.75 Å². The van der Waals surface area contributed by atoms with E-state index < -0.39 is 0 Å². The first kappa shape index (κ1) is 17.3. The summed E-state index contributed by atoms with van der Waals surface area (Å²) in [6.45, 7) is 1.85.